The lowest BCUT2D eigenvalue weighted by atomic mass is 9.96. The summed E-state index contributed by atoms with van der Waals surface area (Å²) in [7, 11) is 0. The molecule has 1 saturated heterocycles. The lowest BCUT2D eigenvalue weighted by Gasteiger charge is -2.41. The average molecular weight is 221 g/mol. The van der Waals surface area contributed by atoms with Crippen molar-refractivity contribution in [2.24, 2.45) is 5.92 Å². The molecule has 0 spiro atoms. The van der Waals surface area contributed by atoms with Crippen LogP contribution in [0.15, 0.2) is 18.2 Å². The second-order valence-electron chi connectivity index (χ2n) is 3.96. The highest BCUT2D eigenvalue weighted by Crippen LogP contribution is 2.32. The van der Waals surface area contributed by atoms with Gasteiger partial charge in [0, 0.05) is 13.1 Å². The van der Waals surface area contributed by atoms with Crippen LogP contribution in [-0.4, -0.2) is 13.1 Å². The maximum absolute atomic E-state index is 8.72. The van der Waals surface area contributed by atoms with Crippen molar-refractivity contribution in [3.8, 4) is 6.07 Å². The van der Waals surface area contributed by atoms with Gasteiger partial charge < -0.3 is 4.90 Å². The Kier molecular flexibility index (Phi) is 2.83. The highest BCUT2D eigenvalue weighted by Gasteiger charge is 2.26. The minimum Gasteiger partial charge on any atom is -0.370 e. The van der Waals surface area contributed by atoms with E-state index < -0.39 is 0 Å². The Morgan fingerprint density at radius 1 is 1.53 bits per heavy atom. The van der Waals surface area contributed by atoms with E-state index in [0.717, 1.165) is 24.7 Å². The first-order valence-corrected chi connectivity index (χ1v) is 5.57. The molecule has 2 nitrogen and oxygen atoms in total. The van der Waals surface area contributed by atoms with E-state index in [0.29, 0.717) is 10.6 Å². The normalized spacial score (nSPS) is 15.9. The molecule has 0 amide bonds. The zero-order chi connectivity index (χ0) is 10.8. The number of hydrogen-bond acceptors (Lipinski definition) is 2. The standard InChI is InChI=1S/C12H13ClN2/c1-2-9-7-15(8-9)12-4-3-10(6-14)5-11(12)13/h3-5,9H,2,7-8H2,1H3. The van der Waals surface area contributed by atoms with Crippen LogP contribution >= 0.6 is 11.6 Å². The van der Waals surface area contributed by atoms with Crippen molar-refractivity contribution in [2.75, 3.05) is 18.0 Å². The first-order valence-electron chi connectivity index (χ1n) is 5.19. The SMILES string of the molecule is CCC1CN(c2ccc(C#N)cc2Cl)C1. The predicted octanol–water partition coefficient (Wildman–Crippen LogP) is 3.06. The van der Waals surface area contributed by atoms with Crippen molar-refractivity contribution in [3.05, 3.63) is 28.8 Å². The van der Waals surface area contributed by atoms with E-state index in [9.17, 15) is 0 Å². The number of rotatable bonds is 2. The van der Waals surface area contributed by atoms with E-state index in [1.807, 2.05) is 12.1 Å². The zero-order valence-electron chi connectivity index (χ0n) is 8.70. The molecule has 0 atom stereocenters. The van der Waals surface area contributed by atoms with E-state index in [-0.39, 0.29) is 0 Å². The molecule has 0 radical (unpaired) electrons. The molecule has 0 aromatic heterocycles. The van der Waals surface area contributed by atoms with E-state index in [2.05, 4.69) is 17.9 Å². The summed E-state index contributed by atoms with van der Waals surface area (Å²) in [6.45, 7) is 4.38. The Balaban J connectivity index is 2.14. The van der Waals surface area contributed by atoms with Crippen LogP contribution in [0.5, 0.6) is 0 Å². The Labute approximate surface area is 95.1 Å². The van der Waals surface area contributed by atoms with E-state index in [1.54, 1.807) is 6.07 Å². The van der Waals surface area contributed by atoms with Gasteiger partial charge in [0.1, 0.15) is 0 Å². The largest absolute Gasteiger partial charge is 0.370 e. The number of anilines is 1. The van der Waals surface area contributed by atoms with Gasteiger partial charge in [-0.3, -0.25) is 0 Å². The van der Waals surface area contributed by atoms with Crippen LogP contribution < -0.4 is 4.90 Å². The fourth-order valence-electron chi connectivity index (χ4n) is 1.86. The molecule has 0 unspecified atom stereocenters. The van der Waals surface area contributed by atoms with Crippen molar-refractivity contribution >= 4 is 17.3 Å². The predicted molar refractivity (Wildman–Crippen MR) is 62.2 cm³/mol. The number of nitriles is 1. The molecular weight excluding hydrogens is 208 g/mol. The minimum absolute atomic E-state index is 0.622. The maximum Gasteiger partial charge on any atom is 0.0992 e. The second-order valence-corrected chi connectivity index (χ2v) is 4.36. The molecule has 1 aromatic rings. The third-order valence-electron chi connectivity index (χ3n) is 2.95. The summed E-state index contributed by atoms with van der Waals surface area (Å²) >= 11 is 6.11. The number of hydrogen-bond donors (Lipinski definition) is 0. The van der Waals surface area contributed by atoms with Gasteiger partial charge in [0.05, 0.1) is 22.3 Å². The average Bonchev–Trinajstić information content (AvgIpc) is 2.18. The fourth-order valence-corrected chi connectivity index (χ4v) is 2.16. The monoisotopic (exact) mass is 220 g/mol. The first-order chi connectivity index (χ1) is 7.24. The van der Waals surface area contributed by atoms with Gasteiger partial charge in [0.2, 0.25) is 0 Å². The summed E-state index contributed by atoms with van der Waals surface area (Å²) in [6.07, 6.45) is 1.23. The highest BCUT2D eigenvalue weighted by atomic mass is 35.5. The molecule has 0 N–H and O–H groups in total. The maximum atomic E-state index is 8.72. The Bertz CT molecular complexity index is 403. The number of benzene rings is 1. The lowest BCUT2D eigenvalue weighted by Crippen LogP contribution is -2.46. The van der Waals surface area contributed by atoms with Crippen LogP contribution in [0.4, 0.5) is 5.69 Å². The summed E-state index contributed by atoms with van der Waals surface area (Å²) < 4.78 is 0. The quantitative estimate of drug-likeness (QED) is 0.766. The van der Waals surface area contributed by atoms with Gasteiger partial charge in [-0.2, -0.15) is 5.26 Å². The van der Waals surface area contributed by atoms with Crippen LogP contribution in [0.3, 0.4) is 0 Å². The molecule has 0 saturated carbocycles. The van der Waals surface area contributed by atoms with Gasteiger partial charge in [0.15, 0.2) is 0 Å². The Hall–Kier alpha value is -1.20. The first kappa shape index (κ1) is 10.3. The molecule has 2 rings (SSSR count). The van der Waals surface area contributed by atoms with Crippen molar-refractivity contribution < 1.29 is 0 Å². The van der Waals surface area contributed by atoms with Gasteiger partial charge in [-0.1, -0.05) is 18.5 Å². The molecule has 1 aromatic carbocycles. The van der Waals surface area contributed by atoms with E-state index >= 15 is 0 Å². The van der Waals surface area contributed by atoms with Crippen molar-refractivity contribution in [1.82, 2.24) is 0 Å². The van der Waals surface area contributed by atoms with Gasteiger partial charge in [-0.05, 0) is 30.5 Å². The smallest absolute Gasteiger partial charge is 0.0992 e. The van der Waals surface area contributed by atoms with Crippen LogP contribution in [-0.2, 0) is 0 Å². The van der Waals surface area contributed by atoms with Gasteiger partial charge >= 0.3 is 0 Å². The van der Waals surface area contributed by atoms with Crippen molar-refractivity contribution in [1.29, 1.82) is 5.26 Å². The fraction of sp³-hybridized carbons (Fsp3) is 0.417. The summed E-state index contributed by atoms with van der Waals surface area (Å²) in [5.41, 5.74) is 1.68. The molecular formula is C12H13ClN2. The molecule has 0 bridgehead atoms. The number of nitrogens with zero attached hydrogens (tertiary/aromatic N) is 2. The van der Waals surface area contributed by atoms with Gasteiger partial charge in [-0.25, -0.2) is 0 Å². The van der Waals surface area contributed by atoms with Crippen LogP contribution in [0.2, 0.25) is 5.02 Å². The van der Waals surface area contributed by atoms with Crippen LogP contribution in [0, 0.1) is 17.2 Å². The number of halogens is 1. The highest BCUT2D eigenvalue weighted by molar-refractivity contribution is 6.33. The molecule has 1 fully saturated rings. The van der Waals surface area contributed by atoms with Crippen LogP contribution in [0.1, 0.15) is 18.9 Å². The summed E-state index contributed by atoms with van der Waals surface area (Å²) in [6, 6.07) is 7.58. The zero-order valence-corrected chi connectivity index (χ0v) is 9.46. The molecule has 3 heteroatoms. The van der Waals surface area contributed by atoms with Crippen molar-refractivity contribution in [2.45, 2.75) is 13.3 Å². The second kappa shape index (κ2) is 4.12. The Morgan fingerprint density at radius 3 is 2.80 bits per heavy atom. The van der Waals surface area contributed by atoms with E-state index in [1.165, 1.54) is 6.42 Å². The summed E-state index contributed by atoms with van der Waals surface area (Å²) in [4.78, 5) is 2.26. The van der Waals surface area contributed by atoms with E-state index in [4.69, 9.17) is 16.9 Å². The van der Waals surface area contributed by atoms with Crippen molar-refractivity contribution in [3.63, 3.8) is 0 Å². The minimum atomic E-state index is 0.622. The summed E-state index contributed by atoms with van der Waals surface area (Å²) in [5.74, 6) is 0.803. The lowest BCUT2D eigenvalue weighted by molar-refractivity contribution is 0.399. The third kappa shape index (κ3) is 1.93. The van der Waals surface area contributed by atoms with Gasteiger partial charge in [0.25, 0.3) is 0 Å². The molecule has 15 heavy (non-hydrogen) atoms. The third-order valence-corrected chi connectivity index (χ3v) is 3.25. The molecule has 1 aliphatic heterocycles. The topological polar surface area (TPSA) is 27.0 Å². The molecule has 0 aliphatic carbocycles. The summed E-state index contributed by atoms with van der Waals surface area (Å²) in [5, 5.41) is 9.40. The molecule has 1 aliphatic rings. The molecule has 78 valence electrons. The Morgan fingerprint density at radius 2 is 2.27 bits per heavy atom. The van der Waals surface area contributed by atoms with Gasteiger partial charge in [-0.15, -0.1) is 0 Å². The van der Waals surface area contributed by atoms with Crippen LogP contribution in [0.25, 0.3) is 0 Å². The molecule has 1 heterocycles.